The van der Waals surface area contributed by atoms with Gasteiger partial charge in [-0.2, -0.15) is 10.5 Å². The number of hydrogen-bond donors (Lipinski definition) is 4. The van der Waals surface area contributed by atoms with Crippen LogP contribution in [0.3, 0.4) is 0 Å². The van der Waals surface area contributed by atoms with Gasteiger partial charge in [-0.05, 0) is 36.8 Å². The third-order valence-electron chi connectivity index (χ3n) is 4.87. The van der Waals surface area contributed by atoms with Gasteiger partial charge in [-0.3, -0.25) is 5.32 Å². The number of nitrogens with two attached hydrogens (primary N) is 2. The number of carbonyl (C=O) groups excluding carboxylic acids is 1. The summed E-state index contributed by atoms with van der Waals surface area (Å²) < 4.78 is 16.2. The van der Waals surface area contributed by atoms with Crippen LogP contribution in [0.2, 0.25) is 0 Å². The Kier molecular flexibility index (Phi) is 5.88. The van der Waals surface area contributed by atoms with Crippen LogP contribution in [-0.4, -0.2) is 23.5 Å². The highest BCUT2D eigenvalue weighted by atomic mass is 16.6. The summed E-state index contributed by atoms with van der Waals surface area (Å²) in [5, 5.41) is 23.8. The van der Waals surface area contributed by atoms with E-state index in [1.807, 2.05) is 6.07 Å². The van der Waals surface area contributed by atoms with Crippen LogP contribution in [0, 0.1) is 22.8 Å². The molecule has 0 fully saturated rings. The highest BCUT2D eigenvalue weighted by Gasteiger charge is 2.30. The molecule has 1 unspecified atom stereocenters. The first-order chi connectivity index (χ1) is 16.5. The lowest BCUT2D eigenvalue weighted by Crippen LogP contribution is -2.32. The Hall–Kier alpha value is -5.23. The number of furan rings is 1. The topological polar surface area (TPSA) is 198 Å². The van der Waals surface area contributed by atoms with Crippen molar-refractivity contribution in [3.63, 3.8) is 0 Å². The number of hydrogen-bond acceptors (Lipinski definition) is 12. The van der Waals surface area contributed by atoms with Gasteiger partial charge in [-0.15, -0.1) is 0 Å². The van der Waals surface area contributed by atoms with Crippen LogP contribution in [0.1, 0.15) is 40.2 Å². The molecule has 0 amide bonds. The Morgan fingerprint density at radius 2 is 2.12 bits per heavy atom. The van der Waals surface area contributed by atoms with Crippen LogP contribution in [0.5, 0.6) is 11.5 Å². The molecule has 0 bridgehead atoms. The third-order valence-corrected chi connectivity index (χ3v) is 4.87. The van der Waals surface area contributed by atoms with E-state index in [0.717, 1.165) is 0 Å². The fourth-order valence-corrected chi connectivity index (χ4v) is 3.41. The minimum Gasteiger partial charge on any atom is -0.490 e. The van der Waals surface area contributed by atoms with Crippen molar-refractivity contribution in [2.45, 2.75) is 13.0 Å². The van der Waals surface area contributed by atoms with Gasteiger partial charge in [-0.25, -0.2) is 14.8 Å². The number of nitrogen functional groups attached to an aromatic ring is 2. The summed E-state index contributed by atoms with van der Waals surface area (Å²) in [6.07, 6.45) is 3.16. The molecule has 3 heterocycles. The number of nitrogens with zero attached hydrogens (tertiary/aromatic N) is 4. The number of aromatic nitrogens is 1. The summed E-state index contributed by atoms with van der Waals surface area (Å²) in [6, 6.07) is 9.06. The van der Waals surface area contributed by atoms with Gasteiger partial charge >= 0.3 is 5.97 Å². The first kappa shape index (κ1) is 22.0. The quantitative estimate of drug-likeness (QED) is 0.189. The van der Waals surface area contributed by atoms with Crippen LogP contribution < -0.4 is 31.6 Å². The first-order valence-corrected chi connectivity index (χ1v) is 9.98. The van der Waals surface area contributed by atoms with Crippen molar-refractivity contribution in [2.24, 2.45) is 4.99 Å². The second kappa shape index (κ2) is 9.10. The maximum atomic E-state index is 12.3. The standard InChI is InChI=1S/C22H18N8O4/c1-2-32-15-8-11(5-6-13(15)34-21(31)14-4-3-7-33-14)18-16-17(25)12(9-23)19(26)29-20(16)30-22(28-18)27-10-24/h3-8,18H,2H2,1H3,(H6,25,26,27,28,29,30). The lowest BCUT2D eigenvalue weighted by molar-refractivity contribution is 0.0695. The summed E-state index contributed by atoms with van der Waals surface area (Å²) in [4.78, 5) is 21.1. The fourth-order valence-electron chi connectivity index (χ4n) is 3.41. The van der Waals surface area contributed by atoms with E-state index in [2.05, 4.69) is 20.6 Å². The Morgan fingerprint density at radius 3 is 2.79 bits per heavy atom. The molecule has 0 aliphatic carbocycles. The van der Waals surface area contributed by atoms with E-state index in [9.17, 15) is 10.1 Å². The van der Waals surface area contributed by atoms with Crippen LogP contribution in [-0.2, 0) is 0 Å². The van der Waals surface area contributed by atoms with Crippen LogP contribution in [0.4, 0.5) is 17.3 Å². The molecule has 0 saturated heterocycles. The Morgan fingerprint density at radius 1 is 1.29 bits per heavy atom. The average molecular weight is 458 g/mol. The molecule has 4 rings (SSSR count). The first-order valence-electron chi connectivity index (χ1n) is 9.98. The Bertz CT molecular complexity index is 1370. The van der Waals surface area contributed by atoms with Crippen LogP contribution >= 0.6 is 0 Å². The van der Waals surface area contributed by atoms with Crippen molar-refractivity contribution in [2.75, 3.05) is 23.4 Å². The minimum atomic E-state index is -0.777. The maximum Gasteiger partial charge on any atom is 0.379 e. The summed E-state index contributed by atoms with van der Waals surface area (Å²) in [5.74, 6) is 0.0935. The summed E-state index contributed by atoms with van der Waals surface area (Å²) >= 11 is 0. The molecular formula is C22H18N8O4. The molecular weight excluding hydrogens is 440 g/mol. The number of nitriles is 2. The molecule has 1 aliphatic heterocycles. The molecule has 1 aromatic carbocycles. The zero-order valence-electron chi connectivity index (χ0n) is 17.8. The van der Waals surface area contributed by atoms with E-state index in [1.165, 1.54) is 12.3 Å². The minimum absolute atomic E-state index is 0.0199. The molecule has 0 radical (unpaired) electrons. The van der Waals surface area contributed by atoms with Gasteiger partial charge < -0.3 is 30.7 Å². The van der Waals surface area contributed by atoms with Crippen molar-refractivity contribution in [3.05, 3.63) is 59.0 Å². The molecule has 2 aromatic heterocycles. The normalized spacial score (nSPS) is 14.0. The number of anilines is 3. The molecule has 0 saturated carbocycles. The third kappa shape index (κ3) is 3.99. The lowest BCUT2D eigenvalue weighted by Gasteiger charge is -2.26. The van der Waals surface area contributed by atoms with Gasteiger partial charge in [-0.1, -0.05) is 6.07 Å². The summed E-state index contributed by atoms with van der Waals surface area (Å²) in [7, 11) is 0. The highest BCUT2D eigenvalue weighted by molar-refractivity contribution is 5.98. The molecule has 12 heteroatoms. The lowest BCUT2D eigenvalue weighted by atomic mass is 9.95. The number of benzene rings is 1. The van der Waals surface area contributed by atoms with Gasteiger partial charge in [0.25, 0.3) is 0 Å². The Balaban J connectivity index is 1.80. The van der Waals surface area contributed by atoms with Crippen molar-refractivity contribution >= 4 is 29.3 Å². The summed E-state index contributed by atoms with van der Waals surface area (Å²) in [6.45, 7) is 2.07. The predicted molar refractivity (Wildman–Crippen MR) is 121 cm³/mol. The molecule has 34 heavy (non-hydrogen) atoms. The molecule has 12 nitrogen and oxygen atoms in total. The zero-order chi connectivity index (χ0) is 24.2. The number of carbonyl (C=O) groups is 1. The SMILES string of the molecule is CCOc1cc(C2N=C(NC#N)Nc3nc(N)c(C#N)c(N)c32)ccc1OC(=O)c1ccco1. The smallest absolute Gasteiger partial charge is 0.379 e. The largest absolute Gasteiger partial charge is 0.490 e. The highest BCUT2D eigenvalue weighted by Crippen LogP contribution is 2.42. The number of esters is 1. The van der Waals surface area contributed by atoms with Crippen molar-refractivity contribution in [1.29, 1.82) is 10.5 Å². The number of nitrogens with one attached hydrogen (secondary N) is 2. The molecule has 1 aliphatic rings. The van der Waals surface area contributed by atoms with Crippen molar-refractivity contribution < 1.29 is 18.7 Å². The summed E-state index contributed by atoms with van der Waals surface area (Å²) in [5.41, 5.74) is 13.2. The second-order valence-corrected chi connectivity index (χ2v) is 6.91. The molecule has 1 atom stereocenters. The molecule has 170 valence electrons. The zero-order valence-corrected chi connectivity index (χ0v) is 17.8. The van der Waals surface area contributed by atoms with Crippen LogP contribution in [0.15, 0.2) is 46.0 Å². The van der Waals surface area contributed by atoms with E-state index < -0.39 is 12.0 Å². The number of pyridine rings is 1. The van der Waals surface area contributed by atoms with E-state index in [-0.39, 0.29) is 46.1 Å². The number of ether oxygens (including phenoxy) is 2. The number of rotatable bonds is 5. The van der Waals surface area contributed by atoms with E-state index in [0.29, 0.717) is 17.7 Å². The second-order valence-electron chi connectivity index (χ2n) is 6.91. The van der Waals surface area contributed by atoms with Gasteiger partial charge in [0.05, 0.1) is 18.6 Å². The monoisotopic (exact) mass is 458 g/mol. The molecule has 6 N–H and O–H groups in total. The van der Waals surface area contributed by atoms with Gasteiger partial charge in [0, 0.05) is 5.56 Å². The fraction of sp³-hybridized carbons (Fsp3) is 0.136. The number of fused-ring (bicyclic) bond motifs is 1. The predicted octanol–water partition coefficient (Wildman–Crippen LogP) is 2.27. The number of aliphatic imine (C=N–C) groups is 1. The van der Waals surface area contributed by atoms with Crippen LogP contribution in [0.25, 0.3) is 0 Å². The molecule has 0 spiro atoms. The molecule has 3 aromatic rings. The van der Waals surface area contributed by atoms with E-state index in [4.69, 9.17) is 30.6 Å². The average Bonchev–Trinajstić information content (AvgIpc) is 3.35. The maximum absolute atomic E-state index is 12.3. The Labute approximate surface area is 193 Å². The van der Waals surface area contributed by atoms with Gasteiger partial charge in [0.15, 0.2) is 17.7 Å². The van der Waals surface area contributed by atoms with Crippen molar-refractivity contribution in [3.8, 4) is 23.8 Å². The van der Waals surface area contributed by atoms with Gasteiger partial charge in [0.1, 0.15) is 29.3 Å². The van der Waals surface area contributed by atoms with E-state index in [1.54, 1.807) is 37.4 Å². The van der Waals surface area contributed by atoms with E-state index >= 15 is 0 Å². The number of guanidine groups is 1. The van der Waals surface area contributed by atoms with Gasteiger partial charge in [0.2, 0.25) is 11.7 Å². The van der Waals surface area contributed by atoms with Crippen molar-refractivity contribution in [1.82, 2.24) is 10.3 Å².